The average Bonchev–Trinajstić information content (AvgIpc) is 2.25. The van der Waals surface area contributed by atoms with Gasteiger partial charge in [-0.1, -0.05) is 0 Å². The fourth-order valence-electron chi connectivity index (χ4n) is 1.45. The lowest BCUT2D eigenvalue weighted by Crippen LogP contribution is -2.16. The Morgan fingerprint density at radius 2 is 1.88 bits per heavy atom. The van der Waals surface area contributed by atoms with Crippen molar-refractivity contribution in [1.29, 1.82) is 0 Å². The molecule has 16 heavy (non-hydrogen) atoms. The number of aliphatic hydroxyl groups is 1. The fraction of sp³-hybridized carbons (Fsp3) is 0. The van der Waals surface area contributed by atoms with E-state index < -0.39 is 22.2 Å². The Bertz CT molecular complexity index is 558. The van der Waals surface area contributed by atoms with E-state index in [2.05, 4.69) is 0 Å². The number of nitro benzene ring substituents is 1. The van der Waals surface area contributed by atoms with E-state index in [1.807, 2.05) is 0 Å². The van der Waals surface area contributed by atoms with E-state index in [1.54, 1.807) is 0 Å². The number of fused-ring (bicyclic) bond motifs is 1. The smallest absolute Gasteiger partial charge is 0.270 e. The number of hydrogen-bond acceptors (Lipinski definition) is 5. The number of allylic oxidation sites excluding steroid dienone is 2. The van der Waals surface area contributed by atoms with Gasteiger partial charge in [-0.15, -0.1) is 0 Å². The summed E-state index contributed by atoms with van der Waals surface area (Å²) in [6.07, 6.45) is 0.758. The summed E-state index contributed by atoms with van der Waals surface area (Å²) >= 11 is 0. The highest BCUT2D eigenvalue weighted by atomic mass is 16.6. The SMILES string of the molecule is O=C1C=C(O)C(=O)c2ccc([N+](=O)[O-])cc21. The molecule has 0 atom stereocenters. The molecule has 80 valence electrons. The molecular weight excluding hydrogens is 214 g/mol. The molecule has 0 heterocycles. The molecule has 1 aliphatic carbocycles. The van der Waals surface area contributed by atoms with E-state index >= 15 is 0 Å². The summed E-state index contributed by atoms with van der Waals surface area (Å²) in [6.45, 7) is 0. The van der Waals surface area contributed by atoms with Crippen LogP contribution in [0.25, 0.3) is 0 Å². The summed E-state index contributed by atoms with van der Waals surface area (Å²) in [5, 5.41) is 19.6. The Morgan fingerprint density at radius 1 is 1.19 bits per heavy atom. The Labute approximate surface area is 89.0 Å². The molecule has 0 aliphatic heterocycles. The number of ketones is 2. The first-order valence-electron chi connectivity index (χ1n) is 4.29. The topological polar surface area (TPSA) is 97.5 Å². The summed E-state index contributed by atoms with van der Waals surface area (Å²) in [5.74, 6) is -1.97. The summed E-state index contributed by atoms with van der Waals surface area (Å²) in [7, 11) is 0. The quantitative estimate of drug-likeness (QED) is 0.568. The highest BCUT2D eigenvalue weighted by Gasteiger charge is 2.26. The van der Waals surface area contributed by atoms with Gasteiger partial charge in [-0.25, -0.2) is 0 Å². The lowest BCUT2D eigenvalue weighted by molar-refractivity contribution is -0.384. The van der Waals surface area contributed by atoms with Crippen LogP contribution in [-0.4, -0.2) is 21.6 Å². The molecule has 0 spiro atoms. The number of Topliss-reactive ketones (excluding diaryl/α,β-unsaturated/α-hetero) is 1. The molecular formula is C10H5NO5. The van der Waals surface area contributed by atoms with Crippen molar-refractivity contribution in [2.45, 2.75) is 0 Å². The molecule has 0 radical (unpaired) electrons. The molecule has 0 bridgehead atoms. The second kappa shape index (κ2) is 3.27. The predicted octanol–water partition coefficient (Wildman–Crippen LogP) is 1.42. The molecule has 6 nitrogen and oxygen atoms in total. The average molecular weight is 219 g/mol. The van der Waals surface area contributed by atoms with E-state index in [4.69, 9.17) is 5.11 Å². The largest absolute Gasteiger partial charge is 0.504 e. The van der Waals surface area contributed by atoms with E-state index in [0.717, 1.165) is 24.3 Å². The van der Waals surface area contributed by atoms with Crippen LogP contribution in [0.2, 0.25) is 0 Å². The van der Waals surface area contributed by atoms with Gasteiger partial charge in [0.1, 0.15) is 0 Å². The zero-order valence-corrected chi connectivity index (χ0v) is 7.84. The first-order chi connectivity index (χ1) is 7.50. The van der Waals surface area contributed by atoms with E-state index in [0.29, 0.717) is 0 Å². The zero-order chi connectivity index (χ0) is 11.9. The molecule has 6 heteroatoms. The normalized spacial score (nSPS) is 14.4. The molecule has 1 N–H and O–H groups in total. The molecule has 0 saturated heterocycles. The zero-order valence-electron chi connectivity index (χ0n) is 7.84. The number of rotatable bonds is 1. The fourth-order valence-corrected chi connectivity index (χ4v) is 1.45. The third-order valence-electron chi connectivity index (χ3n) is 2.22. The number of aliphatic hydroxyl groups excluding tert-OH is 1. The number of carbonyl (C=O) groups is 2. The molecule has 1 aliphatic rings. The van der Waals surface area contributed by atoms with Crippen molar-refractivity contribution in [3.63, 3.8) is 0 Å². The van der Waals surface area contributed by atoms with Crippen molar-refractivity contribution in [2.75, 3.05) is 0 Å². The van der Waals surface area contributed by atoms with Crippen LogP contribution in [0.3, 0.4) is 0 Å². The van der Waals surface area contributed by atoms with Crippen LogP contribution in [0.5, 0.6) is 0 Å². The van der Waals surface area contributed by atoms with Crippen LogP contribution in [-0.2, 0) is 0 Å². The molecule has 2 rings (SSSR count). The third-order valence-corrected chi connectivity index (χ3v) is 2.22. The number of non-ortho nitro benzene ring substituents is 1. The van der Waals surface area contributed by atoms with Crippen LogP contribution < -0.4 is 0 Å². The van der Waals surface area contributed by atoms with Gasteiger partial charge in [0.15, 0.2) is 11.5 Å². The highest BCUT2D eigenvalue weighted by Crippen LogP contribution is 2.24. The van der Waals surface area contributed by atoms with E-state index in [1.165, 1.54) is 0 Å². The third kappa shape index (κ3) is 1.36. The van der Waals surface area contributed by atoms with E-state index in [-0.39, 0.29) is 16.8 Å². The minimum Gasteiger partial charge on any atom is -0.504 e. The second-order valence-electron chi connectivity index (χ2n) is 3.21. The van der Waals surface area contributed by atoms with Crippen molar-refractivity contribution in [3.8, 4) is 0 Å². The molecule has 0 fully saturated rings. The summed E-state index contributed by atoms with van der Waals surface area (Å²) in [6, 6.07) is 3.30. The number of carbonyl (C=O) groups excluding carboxylic acids is 2. The first kappa shape index (κ1) is 10.0. The molecule has 0 aromatic heterocycles. The molecule has 0 amide bonds. The van der Waals surface area contributed by atoms with Crippen LogP contribution in [0.4, 0.5) is 5.69 Å². The monoisotopic (exact) mass is 219 g/mol. The lowest BCUT2D eigenvalue weighted by Gasteiger charge is -2.10. The maximum atomic E-state index is 11.4. The van der Waals surface area contributed by atoms with Gasteiger partial charge in [-0.05, 0) is 6.07 Å². The van der Waals surface area contributed by atoms with Crippen molar-refractivity contribution in [1.82, 2.24) is 0 Å². The van der Waals surface area contributed by atoms with Crippen LogP contribution >= 0.6 is 0 Å². The number of hydrogen-bond donors (Lipinski definition) is 1. The van der Waals surface area contributed by atoms with Gasteiger partial charge in [-0.2, -0.15) is 0 Å². The highest BCUT2D eigenvalue weighted by molar-refractivity contribution is 6.23. The molecule has 0 unspecified atom stereocenters. The number of nitrogens with zero attached hydrogens (tertiary/aromatic N) is 1. The minimum absolute atomic E-state index is 0.0180. The van der Waals surface area contributed by atoms with Crippen LogP contribution in [0.15, 0.2) is 30.0 Å². The van der Waals surface area contributed by atoms with Gasteiger partial charge >= 0.3 is 0 Å². The minimum atomic E-state index is -0.704. The van der Waals surface area contributed by atoms with Crippen LogP contribution in [0.1, 0.15) is 20.7 Å². The number of nitro groups is 1. The van der Waals surface area contributed by atoms with Gasteiger partial charge in [0, 0.05) is 29.3 Å². The summed E-state index contributed by atoms with van der Waals surface area (Å²) in [5.41, 5.74) is -0.345. The second-order valence-corrected chi connectivity index (χ2v) is 3.21. The Kier molecular flexibility index (Phi) is 2.05. The maximum absolute atomic E-state index is 11.4. The Morgan fingerprint density at radius 3 is 2.50 bits per heavy atom. The van der Waals surface area contributed by atoms with Crippen LogP contribution in [0, 0.1) is 10.1 Å². The van der Waals surface area contributed by atoms with Gasteiger partial charge in [-0.3, -0.25) is 19.7 Å². The van der Waals surface area contributed by atoms with Gasteiger partial charge in [0.2, 0.25) is 5.78 Å². The van der Waals surface area contributed by atoms with Crippen molar-refractivity contribution < 1.29 is 19.6 Å². The van der Waals surface area contributed by atoms with Gasteiger partial charge in [0.05, 0.1) is 4.92 Å². The summed E-state index contributed by atoms with van der Waals surface area (Å²) in [4.78, 5) is 32.6. The molecule has 0 saturated carbocycles. The van der Waals surface area contributed by atoms with Crippen molar-refractivity contribution >= 4 is 17.3 Å². The summed E-state index contributed by atoms with van der Waals surface area (Å²) < 4.78 is 0. The van der Waals surface area contributed by atoms with Crippen molar-refractivity contribution in [3.05, 3.63) is 51.3 Å². The maximum Gasteiger partial charge on any atom is 0.270 e. The Balaban J connectivity index is 2.64. The number of benzene rings is 1. The van der Waals surface area contributed by atoms with Crippen molar-refractivity contribution in [2.24, 2.45) is 0 Å². The standard InChI is InChI=1S/C10H5NO5/c12-8-4-9(13)10(14)6-2-1-5(11(15)16)3-7(6)8/h1-4,13H. The molecule has 1 aromatic rings. The van der Waals surface area contributed by atoms with E-state index in [9.17, 15) is 19.7 Å². The Hall–Kier alpha value is -2.50. The lowest BCUT2D eigenvalue weighted by atomic mass is 9.93. The molecule has 1 aromatic carbocycles. The predicted molar refractivity (Wildman–Crippen MR) is 52.5 cm³/mol. The van der Waals surface area contributed by atoms with Gasteiger partial charge < -0.3 is 5.11 Å². The first-order valence-corrected chi connectivity index (χ1v) is 4.29. The van der Waals surface area contributed by atoms with Gasteiger partial charge in [0.25, 0.3) is 5.69 Å².